The first-order valence-electron chi connectivity index (χ1n) is 8.36. The Balaban J connectivity index is 1.44. The van der Waals surface area contributed by atoms with Crippen molar-refractivity contribution in [3.8, 4) is 16.5 Å². The van der Waals surface area contributed by atoms with Crippen molar-refractivity contribution in [2.75, 3.05) is 7.11 Å². The van der Waals surface area contributed by atoms with Crippen molar-refractivity contribution in [3.63, 3.8) is 0 Å². The van der Waals surface area contributed by atoms with Crippen LogP contribution in [0.25, 0.3) is 10.7 Å². The van der Waals surface area contributed by atoms with Crippen molar-refractivity contribution >= 4 is 34.8 Å². The number of carbonyl (C=O) groups excluding carboxylic acids is 2. The van der Waals surface area contributed by atoms with E-state index in [9.17, 15) is 9.59 Å². The van der Waals surface area contributed by atoms with E-state index in [1.54, 1.807) is 12.1 Å². The Hall–Kier alpha value is -2.91. The minimum Gasteiger partial charge on any atom is -0.496 e. The van der Waals surface area contributed by atoms with Crippen LogP contribution in [-0.2, 0) is 11.2 Å². The molecule has 1 aromatic carbocycles. The number of nitrogens with one attached hydrogen (secondary N) is 2. The third kappa shape index (κ3) is 5.08. The third-order valence-corrected chi connectivity index (χ3v) is 4.83. The average Bonchev–Trinajstić information content (AvgIpc) is 3.37. The smallest absolute Gasteiger partial charge is 0.273 e. The van der Waals surface area contributed by atoms with Crippen molar-refractivity contribution in [2.45, 2.75) is 19.3 Å². The molecule has 10 heteroatoms. The Labute approximate surface area is 169 Å². The van der Waals surface area contributed by atoms with Gasteiger partial charge >= 0.3 is 0 Å². The third-order valence-electron chi connectivity index (χ3n) is 3.73. The highest BCUT2D eigenvalue weighted by atomic mass is 35.5. The maximum atomic E-state index is 12.2. The van der Waals surface area contributed by atoms with Crippen LogP contribution in [0, 0.1) is 0 Å². The number of aryl methyl sites for hydroxylation is 1. The molecule has 0 radical (unpaired) electrons. The minimum absolute atomic E-state index is 0.184. The number of nitrogens with zero attached hydrogens (tertiary/aromatic N) is 2. The van der Waals surface area contributed by atoms with Crippen molar-refractivity contribution in [1.82, 2.24) is 21.0 Å². The molecule has 28 heavy (non-hydrogen) atoms. The first-order valence-corrected chi connectivity index (χ1v) is 9.62. The number of hydrazine groups is 1. The van der Waals surface area contributed by atoms with Crippen molar-refractivity contribution in [2.24, 2.45) is 0 Å². The molecule has 2 N–H and O–H groups in total. The maximum absolute atomic E-state index is 12.2. The molecule has 0 bridgehead atoms. The molecule has 0 aliphatic carbocycles. The average molecular weight is 421 g/mol. The Kier molecular flexibility index (Phi) is 6.62. The fraction of sp³-hybridized carbons (Fsp3) is 0.222. The van der Waals surface area contributed by atoms with Gasteiger partial charge in [0, 0.05) is 17.9 Å². The van der Waals surface area contributed by atoms with E-state index >= 15 is 0 Å². The first-order chi connectivity index (χ1) is 13.6. The lowest BCUT2D eigenvalue weighted by Crippen LogP contribution is -2.41. The summed E-state index contributed by atoms with van der Waals surface area (Å²) in [6.07, 6.45) is 1.14. The number of ether oxygens (including phenoxy) is 1. The van der Waals surface area contributed by atoms with E-state index in [1.165, 1.54) is 24.5 Å². The van der Waals surface area contributed by atoms with E-state index in [1.807, 2.05) is 17.5 Å². The van der Waals surface area contributed by atoms with Gasteiger partial charge in [-0.05, 0) is 36.1 Å². The van der Waals surface area contributed by atoms with Crippen LogP contribution < -0.4 is 15.6 Å². The second-order valence-electron chi connectivity index (χ2n) is 5.69. The number of hydrogen-bond donors (Lipinski definition) is 2. The van der Waals surface area contributed by atoms with Crippen LogP contribution >= 0.6 is 22.9 Å². The quantitative estimate of drug-likeness (QED) is 0.568. The highest BCUT2D eigenvalue weighted by Crippen LogP contribution is 2.23. The van der Waals surface area contributed by atoms with Crippen molar-refractivity contribution in [3.05, 3.63) is 52.2 Å². The molecule has 0 saturated carbocycles. The summed E-state index contributed by atoms with van der Waals surface area (Å²) in [6, 6.07) is 8.46. The molecule has 0 aliphatic heterocycles. The number of amides is 2. The Morgan fingerprint density at radius 1 is 1.29 bits per heavy atom. The highest BCUT2D eigenvalue weighted by molar-refractivity contribution is 7.13. The summed E-state index contributed by atoms with van der Waals surface area (Å²) >= 11 is 7.42. The van der Waals surface area contributed by atoms with E-state index in [0.29, 0.717) is 35.3 Å². The molecule has 0 aliphatic rings. The zero-order chi connectivity index (χ0) is 19.9. The highest BCUT2D eigenvalue weighted by Gasteiger charge is 2.14. The van der Waals surface area contributed by atoms with Crippen LogP contribution in [0.15, 0.2) is 40.2 Å². The van der Waals surface area contributed by atoms with Gasteiger partial charge in [0.15, 0.2) is 0 Å². The summed E-state index contributed by atoms with van der Waals surface area (Å²) < 4.78 is 10.3. The molecule has 2 aromatic heterocycles. The van der Waals surface area contributed by atoms with Gasteiger partial charge in [-0.25, -0.2) is 0 Å². The normalized spacial score (nSPS) is 10.5. The SMILES string of the molecule is COc1ccc(Cl)cc1C(=O)NNC(=O)CCCc1nc(-c2cccs2)no1. The van der Waals surface area contributed by atoms with Crippen LogP contribution in [0.5, 0.6) is 5.75 Å². The monoisotopic (exact) mass is 420 g/mol. The van der Waals surface area contributed by atoms with E-state index in [2.05, 4.69) is 21.0 Å². The molecule has 3 aromatic rings. The summed E-state index contributed by atoms with van der Waals surface area (Å²) in [5.41, 5.74) is 4.93. The lowest BCUT2D eigenvalue weighted by Gasteiger charge is -2.10. The molecular weight excluding hydrogens is 404 g/mol. The molecule has 3 rings (SSSR count). The molecule has 2 heterocycles. The number of aromatic nitrogens is 2. The molecule has 0 atom stereocenters. The first kappa shape index (κ1) is 19.8. The maximum Gasteiger partial charge on any atom is 0.273 e. The largest absolute Gasteiger partial charge is 0.496 e. The summed E-state index contributed by atoms with van der Waals surface area (Å²) in [7, 11) is 1.44. The molecule has 0 spiro atoms. The number of methoxy groups -OCH3 is 1. The number of carbonyl (C=O) groups is 2. The van der Waals surface area contributed by atoms with Crippen LogP contribution in [0.3, 0.4) is 0 Å². The molecular formula is C18H17ClN4O4S. The molecule has 0 unspecified atom stereocenters. The number of benzene rings is 1. The van der Waals surface area contributed by atoms with Gasteiger partial charge in [0.1, 0.15) is 5.75 Å². The van der Waals surface area contributed by atoms with Crippen LogP contribution in [0.4, 0.5) is 0 Å². The number of halogens is 1. The summed E-state index contributed by atoms with van der Waals surface area (Å²) in [5.74, 6) is 0.493. The standard InChI is InChI=1S/C18H17ClN4O4S/c1-26-13-8-7-11(19)10-12(13)18(25)22-21-15(24)5-2-6-16-20-17(23-27-16)14-4-3-9-28-14/h3-4,7-10H,2,5-6H2,1H3,(H,21,24)(H,22,25). The second-order valence-corrected chi connectivity index (χ2v) is 7.07. The minimum atomic E-state index is -0.523. The fourth-order valence-electron chi connectivity index (χ4n) is 2.38. The lowest BCUT2D eigenvalue weighted by atomic mass is 10.2. The molecule has 0 fully saturated rings. The second kappa shape index (κ2) is 9.34. The van der Waals surface area contributed by atoms with Gasteiger partial charge < -0.3 is 9.26 Å². The van der Waals surface area contributed by atoms with Crippen LogP contribution in [0.1, 0.15) is 29.1 Å². The summed E-state index contributed by atoms with van der Waals surface area (Å²) in [4.78, 5) is 29.3. The van der Waals surface area contributed by atoms with E-state index in [0.717, 1.165) is 4.88 Å². The molecule has 8 nitrogen and oxygen atoms in total. The van der Waals surface area contributed by atoms with Gasteiger partial charge in [0.2, 0.25) is 17.6 Å². The molecule has 2 amide bonds. The lowest BCUT2D eigenvalue weighted by molar-refractivity contribution is -0.121. The molecule has 146 valence electrons. The fourth-order valence-corrected chi connectivity index (χ4v) is 3.20. The van der Waals surface area contributed by atoms with Gasteiger partial charge in [-0.2, -0.15) is 4.98 Å². The van der Waals surface area contributed by atoms with Crippen molar-refractivity contribution in [1.29, 1.82) is 0 Å². The zero-order valence-corrected chi connectivity index (χ0v) is 16.5. The van der Waals surface area contributed by atoms with Gasteiger partial charge in [0.25, 0.3) is 5.91 Å². The van der Waals surface area contributed by atoms with Gasteiger partial charge in [-0.3, -0.25) is 20.4 Å². The van der Waals surface area contributed by atoms with Gasteiger partial charge in [-0.15, -0.1) is 11.3 Å². The van der Waals surface area contributed by atoms with Gasteiger partial charge in [-0.1, -0.05) is 22.8 Å². The topological polar surface area (TPSA) is 106 Å². The predicted octanol–water partition coefficient (Wildman–Crippen LogP) is 3.24. The Morgan fingerprint density at radius 3 is 2.89 bits per heavy atom. The Morgan fingerprint density at radius 2 is 2.14 bits per heavy atom. The number of rotatable bonds is 7. The van der Waals surface area contributed by atoms with E-state index in [4.69, 9.17) is 20.9 Å². The predicted molar refractivity (Wildman–Crippen MR) is 104 cm³/mol. The van der Waals surface area contributed by atoms with E-state index in [-0.39, 0.29) is 17.9 Å². The Bertz CT molecular complexity index is 958. The number of thiophene rings is 1. The summed E-state index contributed by atoms with van der Waals surface area (Å²) in [6.45, 7) is 0. The number of hydrogen-bond acceptors (Lipinski definition) is 7. The summed E-state index contributed by atoms with van der Waals surface area (Å²) in [5, 5.41) is 6.24. The van der Waals surface area contributed by atoms with Crippen LogP contribution in [-0.4, -0.2) is 29.1 Å². The van der Waals surface area contributed by atoms with Crippen LogP contribution in [0.2, 0.25) is 5.02 Å². The van der Waals surface area contributed by atoms with Gasteiger partial charge in [0.05, 0.1) is 17.6 Å². The molecule has 0 saturated heterocycles. The van der Waals surface area contributed by atoms with Crippen molar-refractivity contribution < 1.29 is 18.8 Å². The van der Waals surface area contributed by atoms with E-state index < -0.39 is 5.91 Å². The zero-order valence-electron chi connectivity index (χ0n) is 14.9.